The van der Waals surface area contributed by atoms with Crippen molar-refractivity contribution in [2.75, 3.05) is 13.7 Å². The first-order valence-corrected chi connectivity index (χ1v) is 5.92. The number of rotatable bonds is 5. The molecule has 0 radical (unpaired) electrons. The average molecular weight is 271 g/mol. The lowest BCUT2D eigenvalue weighted by atomic mass is 9.96. The molecule has 104 valence electrons. The van der Waals surface area contributed by atoms with Gasteiger partial charge in [0.25, 0.3) is 0 Å². The number of hydrogen-bond donors (Lipinski definition) is 1. The van der Waals surface area contributed by atoms with E-state index in [0.717, 1.165) is 31.0 Å². The van der Waals surface area contributed by atoms with Crippen LogP contribution < -0.4 is 10.5 Å². The van der Waals surface area contributed by atoms with Crippen molar-refractivity contribution in [1.29, 1.82) is 0 Å². The molecule has 1 saturated carbocycles. The van der Waals surface area contributed by atoms with Crippen molar-refractivity contribution in [1.82, 2.24) is 0 Å². The van der Waals surface area contributed by atoms with E-state index in [0.29, 0.717) is 0 Å². The van der Waals surface area contributed by atoms with E-state index in [1.807, 2.05) is 0 Å². The molecule has 19 heavy (non-hydrogen) atoms. The number of halogens is 2. The Morgan fingerprint density at radius 3 is 2.74 bits per heavy atom. The molecule has 1 aromatic rings. The van der Waals surface area contributed by atoms with Crippen LogP contribution in [0.3, 0.4) is 0 Å². The summed E-state index contributed by atoms with van der Waals surface area (Å²) >= 11 is 0. The van der Waals surface area contributed by atoms with Gasteiger partial charge < -0.3 is 15.2 Å². The molecule has 4 nitrogen and oxygen atoms in total. The minimum atomic E-state index is -1.31. The maximum Gasteiger partial charge on any atom is 0.329 e. The first kappa shape index (κ1) is 13.7. The molecule has 6 heteroatoms. The summed E-state index contributed by atoms with van der Waals surface area (Å²) in [4.78, 5) is 11.7. The Balaban J connectivity index is 2.11. The highest BCUT2D eigenvalue weighted by Crippen LogP contribution is 2.39. The van der Waals surface area contributed by atoms with Crippen molar-refractivity contribution in [3.05, 3.63) is 29.8 Å². The van der Waals surface area contributed by atoms with Crippen LogP contribution in [0.25, 0.3) is 0 Å². The van der Waals surface area contributed by atoms with Gasteiger partial charge in [-0.15, -0.1) is 0 Å². The second kappa shape index (κ2) is 5.13. The normalized spacial score (nSPS) is 17.7. The van der Waals surface area contributed by atoms with Crippen molar-refractivity contribution in [3.8, 4) is 5.75 Å². The molecule has 1 fully saturated rings. The standard InChI is InChI=1S/C13H15F2NO3/c1-18-12(17)13(16,8-2-3-8)7-19-11-6-9(14)4-5-10(11)15/h4-6,8H,2-3,7,16H2,1H3. The van der Waals surface area contributed by atoms with Gasteiger partial charge in [0.1, 0.15) is 12.4 Å². The highest BCUT2D eigenvalue weighted by Gasteiger charge is 2.50. The summed E-state index contributed by atoms with van der Waals surface area (Å²) in [6.07, 6.45) is 1.58. The topological polar surface area (TPSA) is 61.5 Å². The van der Waals surface area contributed by atoms with Crippen LogP contribution in [0, 0.1) is 17.6 Å². The Kier molecular flexibility index (Phi) is 3.71. The Morgan fingerprint density at radius 2 is 2.16 bits per heavy atom. The lowest BCUT2D eigenvalue weighted by Gasteiger charge is -2.26. The van der Waals surface area contributed by atoms with E-state index in [2.05, 4.69) is 4.74 Å². The van der Waals surface area contributed by atoms with Crippen LogP contribution in [-0.4, -0.2) is 25.2 Å². The third-order valence-electron chi connectivity index (χ3n) is 3.23. The minimum Gasteiger partial charge on any atom is -0.488 e. The molecule has 0 amide bonds. The summed E-state index contributed by atoms with van der Waals surface area (Å²) in [6.45, 7) is -0.245. The smallest absolute Gasteiger partial charge is 0.329 e. The quantitative estimate of drug-likeness (QED) is 0.827. The van der Waals surface area contributed by atoms with Crippen molar-refractivity contribution >= 4 is 5.97 Å². The number of ether oxygens (including phenoxy) is 2. The van der Waals surface area contributed by atoms with Crippen LogP contribution in [0.4, 0.5) is 8.78 Å². The fourth-order valence-corrected chi connectivity index (χ4v) is 1.92. The number of carbonyl (C=O) groups is 1. The molecule has 2 N–H and O–H groups in total. The highest BCUT2D eigenvalue weighted by atomic mass is 19.1. The lowest BCUT2D eigenvalue weighted by molar-refractivity contribution is -0.149. The summed E-state index contributed by atoms with van der Waals surface area (Å²) < 4.78 is 36.2. The second-order valence-electron chi connectivity index (χ2n) is 4.67. The SMILES string of the molecule is COC(=O)C(N)(COc1cc(F)ccc1F)C1CC1. The van der Waals surface area contributed by atoms with Crippen molar-refractivity contribution in [3.63, 3.8) is 0 Å². The van der Waals surface area contributed by atoms with Gasteiger partial charge in [-0.25, -0.2) is 13.6 Å². The summed E-state index contributed by atoms with van der Waals surface area (Å²) in [6, 6.07) is 2.86. The van der Waals surface area contributed by atoms with E-state index in [9.17, 15) is 13.6 Å². The molecule has 1 aliphatic rings. The summed E-state index contributed by atoms with van der Waals surface area (Å²) in [5, 5.41) is 0. The average Bonchev–Trinajstić information content (AvgIpc) is 3.23. The van der Waals surface area contributed by atoms with E-state index < -0.39 is 23.1 Å². The summed E-state index contributed by atoms with van der Waals surface area (Å²) in [5.74, 6) is -2.24. The van der Waals surface area contributed by atoms with Gasteiger partial charge in [0.15, 0.2) is 17.1 Å². The Labute approximate surface area is 109 Å². The van der Waals surface area contributed by atoms with Gasteiger partial charge in [0.2, 0.25) is 0 Å². The van der Waals surface area contributed by atoms with Gasteiger partial charge in [-0.05, 0) is 30.9 Å². The molecule has 0 spiro atoms. The van der Waals surface area contributed by atoms with Crippen LogP contribution in [-0.2, 0) is 9.53 Å². The number of methoxy groups -OCH3 is 1. The van der Waals surface area contributed by atoms with Crippen LogP contribution in [0.2, 0.25) is 0 Å². The first-order valence-electron chi connectivity index (χ1n) is 5.92. The summed E-state index contributed by atoms with van der Waals surface area (Å²) in [7, 11) is 1.23. The van der Waals surface area contributed by atoms with Crippen LogP contribution in [0.5, 0.6) is 5.75 Å². The molecule has 2 rings (SSSR count). The zero-order valence-electron chi connectivity index (χ0n) is 10.5. The molecule has 0 bridgehead atoms. The Bertz CT molecular complexity index is 491. The van der Waals surface area contributed by atoms with Gasteiger partial charge in [0.05, 0.1) is 7.11 Å². The van der Waals surface area contributed by atoms with Crippen LogP contribution in [0.15, 0.2) is 18.2 Å². The fraction of sp³-hybridized carbons (Fsp3) is 0.462. The largest absolute Gasteiger partial charge is 0.488 e. The molecular weight excluding hydrogens is 256 g/mol. The van der Waals surface area contributed by atoms with Crippen LogP contribution >= 0.6 is 0 Å². The summed E-state index contributed by atoms with van der Waals surface area (Å²) in [5.41, 5.74) is 4.67. The molecule has 1 aliphatic carbocycles. The lowest BCUT2D eigenvalue weighted by Crippen LogP contribution is -2.55. The zero-order chi connectivity index (χ0) is 14.0. The van der Waals surface area contributed by atoms with Crippen molar-refractivity contribution in [2.24, 2.45) is 11.7 Å². The molecule has 0 heterocycles. The predicted molar refractivity (Wildman–Crippen MR) is 63.5 cm³/mol. The Hall–Kier alpha value is -1.69. The Morgan fingerprint density at radius 1 is 1.47 bits per heavy atom. The molecule has 0 aliphatic heterocycles. The maximum atomic E-state index is 13.4. The monoisotopic (exact) mass is 271 g/mol. The minimum absolute atomic E-state index is 0.0448. The van der Waals surface area contributed by atoms with Crippen molar-refractivity contribution in [2.45, 2.75) is 18.4 Å². The van der Waals surface area contributed by atoms with Gasteiger partial charge in [-0.1, -0.05) is 0 Å². The number of esters is 1. The third-order valence-corrected chi connectivity index (χ3v) is 3.23. The van der Waals surface area contributed by atoms with Crippen molar-refractivity contribution < 1.29 is 23.0 Å². The van der Waals surface area contributed by atoms with Gasteiger partial charge in [-0.2, -0.15) is 0 Å². The molecule has 0 aromatic heterocycles. The molecule has 1 aromatic carbocycles. The maximum absolute atomic E-state index is 13.4. The third kappa shape index (κ3) is 2.84. The van der Waals surface area contributed by atoms with Crippen LogP contribution in [0.1, 0.15) is 12.8 Å². The molecule has 1 atom stereocenters. The van der Waals surface area contributed by atoms with E-state index >= 15 is 0 Å². The number of benzene rings is 1. The van der Waals surface area contributed by atoms with Gasteiger partial charge in [0, 0.05) is 6.07 Å². The van der Waals surface area contributed by atoms with E-state index in [-0.39, 0.29) is 18.3 Å². The second-order valence-corrected chi connectivity index (χ2v) is 4.67. The number of nitrogens with two attached hydrogens (primary N) is 1. The van der Waals surface area contributed by atoms with Gasteiger partial charge in [-0.3, -0.25) is 0 Å². The van der Waals surface area contributed by atoms with E-state index in [1.165, 1.54) is 7.11 Å². The molecule has 0 saturated heterocycles. The predicted octanol–water partition coefficient (Wildman–Crippen LogP) is 1.62. The van der Waals surface area contributed by atoms with E-state index in [4.69, 9.17) is 10.5 Å². The van der Waals surface area contributed by atoms with Gasteiger partial charge >= 0.3 is 5.97 Å². The number of hydrogen-bond acceptors (Lipinski definition) is 4. The zero-order valence-corrected chi connectivity index (χ0v) is 10.5. The molecular formula is C13H15F2NO3. The highest BCUT2D eigenvalue weighted by molar-refractivity contribution is 5.81. The van der Waals surface area contributed by atoms with E-state index in [1.54, 1.807) is 0 Å². The number of carbonyl (C=O) groups excluding carboxylic acids is 1. The fourth-order valence-electron chi connectivity index (χ4n) is 1.92. The first-order chi connectivity index (χ1) is 8.97. The molecule has 1 unspecified atom stereocenters.